The number of amides is 1. The van der Waals surface area contributed by atoms with Gasteiger partial charge in [-0.05, 0) is 61.3 Å². The molecule has 0 bridgehead atoms. The van der Waals surface area contributed by atoms with Crippen molar-refractivity contribution in [2.24, 2.45) is 0 Å². The quantitative estimate of drug-likeness (QED) is 0.563. The van der Waals surface area contributed by atoms with E-state index in [-0.39, 0.29) is 12.3 Å². The Morgan fingerprint density at radius 3 is 2.79 bits per heavy atom. The van der Waals surface area contributed by atoms with E-state index >= 15 is 0 Å². The smallest absolute Gasteiger partial charge is 0.394 e. The lowest BCUT2D eigenvalue weighted by Crippen LogP contribution is -2.36. The summed E-state index contributed by atoms with van der Waals surface area (Å²) >= 11 is 0. The van der Waals surface area contributed by atoms with Crippen molar-refractivity contribution >= 4 is 23.2 Å². The van der Waals surface area contributed by atoms with Gasteiger partial charge in [-0.2, -0.15) is 0 Å². The summed E-state index contributed by atoms with van der Waals surface area (Å²) in [5.41, 5.74) is 5.59. The van der Waals surface area contributed by atoms with Gasteiger partial charge in [0.05, 0.1) is 44.3 Å². The summed E-state index contributed by atoms with van der Waals surface area (Å²) in [7, 11) is 1.65. The third-order valence-electron chi connectivity index (χ3n) is 6.27. The Kier molecular flexibility index (Phi) is 6.69. The summed E-state index contributed by atoms with van der Waals surface area (Å²) in [5.74, 6) is 1.37. The number of morpholine rings is 1. The van der Waals surface area contributed by atoms with Crippen molar-refractivity contribution in [3.05, 3.63) is 59.8 Å². The maximum Gasteiger partial charge on any atom is 0.394 e. The highest BCUT2D eigenvalue weighted by Gasteiger charge is 2.25. The largest absolute Gasteiger partial charge is 0.497 e. The van der Waals surface area contributed by atoms with E-state index in [1.54, 1.807) is 7.11 Å². The molecule has 2 aliphatic heterocycles. The molecular weight excluding hydrogens is 430 g/mol. The number of aryl methyl sites for hydroxylation is 1. The molecule has 0 spiro atoms. The van der Waals surface area contributed by atoms with E-state index in [4.69, 9.17) is 14.5 Å². The molecule has 34 heavy (non-hydrogen) atoms. The molecule has 0 saturated carbocycles. The second-order valence-corrected chi connectivity index (χ2v) is 8.64. The zero-order chi connectivity index (χ0) is 23.3. The van der Waals surface area contributed by atoms with Crippen LogP contribution in [0, 0.1) is 0 Å². The maximum atomic E-state index is 12.5. The summed E-state index contributed by atoms with van der Waals surface area (Å²) in [6.45, 7) is 4.73. The first-order valence-corrected chi connectivity index (χ1v) is 11.7. The number of anilines is 3. The molecule has 1 saturated heterocycles. The fraction of sp³-hybridized carbons (Fsp3) is 0.346. The number of hydrogen-bond acceptors (Lipinski definition) is 6. The van der Waals surface area contributed by atoms with Gasteiger partial charge in [-0.3, -0.25) is 9.69 Å². The van der Waals surface area contributed by atoms with E-state index < -0.39 is 0 Å². The van der Waals surface area contributed by atoms with Crippen LogP contribution in [0.4, 0.5) is 17.3 Å². The van der Waals surface area contributed by atoms with Gasteiger partial charge < -0.3 is 14.8 Å². The molecule has 2 aliphatic rings. The summed E-state index contributed by atoms with van der Waals surface area (Å²) in [6, 6.07) is 13.9. The summed E-state index contributed by atoms with van der Waals surface area (Å²) < 4.78 is 10.7. The molecule has 1 amide bonds. The van der Waals surface area contributed by atoms with Crippen LogP contribution >= 0.6 is 0 Å². The van der Waals surface area contributed by atoms with Gasteiger partial charge in [-0.25, -0.2) is 10.3 Å². The Morgan fingerprint density at radius 1 is 1.18 bits per heavy atom. The van der Waals surface area contributed by atoms with E-state index in [0.29, 0.717) is 5.95 Å². The molecule has 1 fully saturated rings. The SMILES string of the molecule is COc1ccc(Nc2nc3c(c[nH+]2)CC(=O)Nc2ccc(CCCN4CCOCC4)cc2-3)cc1. The summed E-state index contributed by atoms with van der Waals surface area (Å²) in [6.07, 6.45) is 4.21. The average molecular weight is 461 g/mol. The number of carbonyl (C=O) groups excluding carboxylic acids is 1. The average Bonchev–Trinajstić information content (AvgIpc) is 3.00. The zero-order valence-corrected chi connectivity index (χ0v) is 19.4. The third kappa shape index (κ3) is 5.18. The number of ether oxygens (including phenoxy) is 2. The summed E-state index contributed by atoms with van der Waals surface area (Å²) in [5, 5.41) is 6.35. The Bertz CT molecular complexity index is 1160. The van der Waals surface area contributed by atoms with Gasteiger partial charge in [-0.1, -0.05) is 11.1 Å². The molecule has 0 unspecified atom stereocenters. The van der Waals surface area contributed by atoms with Gasteiger partial charge in [0.25, 0.3) is 0 Å². The van der Waals surface area contributed by atoms with Crippen molar-refractivity contribution in [3.8, 4) is 17.0 Å². The van der Waals surface area contributed by atoms with Crippen molar-refractivity contribution in [1.82, 2.24) is 9.88 Å². The minimum Gasteiger partial charge on any atom is -0.497 e. The molecule has 0 atom stereocenters. The number of methoxy groups -OCH3 is 1. The van der Waals surface area contributed by atoms with Crippen molar-refractivity contribution < 1.29 is 19.3 Å². The first-order chi connectivity index (χ1) is 16.7. The van der Waals surface area contributed by atoms with E-state index in [9.17, 15) is 4.79 Å². The minimum atomic E-state index is -0.0360. The molecule has 3 aromatic rings. The van der Waals surface area contributed by atoms with E-state index in [0.717, 1.165) is 79.6 Å². The van der Waals surface area contributed by atoms with Crippen LogP contribution in [0.2, 0.25) is 0 Å². The molecule has 176 valence electrons. The number of aromatic nitrogens is 2. The first kappa shape index (κ1) is 22.3. The predicted molar refractivity (Wildman–Crippen MR) is 130 cm³/mol. The van der Waals surface area contributed by atoms with Crippen molar-refractivity contribution in [2.45, 2.75) is 19.3 Å². The molecule has 5 rings (SSSR count). The molecule has 2 aromatic carbocycles. The molecule has 3 N–H and O–H groups in total. The van der Waals surface area contributed by atoms with E-state index in [1.807, 2.05) is 36.5 Å². The van der Waals surface area contributed by atoms with Crippen LogP contribution in [0.25, 0.3) is 11.3 Å². The normalized spacial score (nSPS) is 15.6. The van der Waals surface area contributed by atoms with Gasteiger partial charge >= 0.3 is 5.95 Å². The van der Waals surface area contributed by atoms with Gasteiger partial charge in [0.1, 0.15) is 5.75 Å². The molecule has 8 heteroatoms. The number of hydrogen-bond donors (Lipinski definition) is 2. The Morgan fingerprint density at radius 2 is 2.00 bits per heavy atom. The van der Waals surface area contributed by atoms with Crippen molar-refractivity contribution in [3.63, 3.8) is 0 Å². The zero-order valence-electron chi connectivity index (χ0n) is 19.4. The predicted octanol–water partition coefficient (Wildman–Crippen LogP) is 3.07. The first-order valence-electron chi connectivity index (χ1n) is 11.7. The molecule has 3 heterocycles. The third-order valence-corrected chi connectivity index (χ3v) is 6.27. The molecule has 0 radical (unpaired) electrons. The lowest BCUT2D eigenvalue weighted by atomic mass is 10.00. The standard InChI is InChI=1S/C26H29N5O3/c1-33-21-7-5-20(6-8-21)28-26-27-17-19-16-24(32)29-23-9-4-18(15-22(23)25(19)30-26)3-2-10-31-11-13-34-14-12-31/h4-9,15,17H,2-3,10-14,16H2,1H3,(H,29,32)(H,27,28,30)/p+1. The number of aromatic amines is 1. The van der Waals surface area contributed by atoms with Crippen LogP contribution in [0.15, 0.2) is 48.7 Å². The van der Waals surface area contributed by atoms with Gasteiger partial charge in [-0.15, -0.1) is 0 Å². The number of benzene rings is 2. The molecular formula is C26H30N5O3+. The highest BCUT2D eigenvalue weighted by atomic mass is 16.5. The highest BCUT2D eigenvalue weighted by molar-refractivity contribution is 6.00. The number of nitrogens with one attached hydrogen (secondary N) is 3. The lowest BCUT2D eigenvalue weighted by Gasteiger charge is -2.26. The van der Waals surface area contributed by atoms with Crippen LogP contribution in [0.1, 0.15) is 17.5 Å². The van der Waals surface area contributed by atoms with Crippen molar-refractivity contribution in [1.29, 1.82) is 0 Å². The Balaban J connectivity index is 1.37. The van der Waals surface area contributed by atoms with E-state index in [1.165, 1.54) is 5.56 Å². The molecule has 0 aliphatic carbocycles. The highest BCUT2D eigenvalue weighted by Crippen LogP contribution is 2.33. The van der Waals surface area contributed by atoms with Gasteiger partial charge in [0, 0.05) is 24.2 Å². The summed E-state index contributed by atoms with van der Waals surface area (Å²) in [4.78, 5) is 23.0. The maximum absolute atomic E-state index is 12.5. The van der Waals surface area contributed by atoms with Crippen LogP contribution in [0.5, 0.6) is 5.75 Å². The van der Waals surface area contributed by atoms with Crippen LogP contribution in [-0.4, -0.2) is 55.7 Å². The Hall–Kier alpha value is -3.49. The van der Waals surface area contributed by atoms with Crippen LogP contribution in [-0.2, 0) is 22.4 Å². The second-order valence-electron chi connectivity index (χ2n) is 8.64. The number of fused-ring (bicyclic) bond motifs is 3. The minimum absolute atomic E-state index is 0.0360. The topological polar surface area (TPSA) is 89.9 Å². The second kappa shape index (κ2) is 10.2. The van der Waals surface area contributed by atoms with Crippen LogP contribution in [0.3, 0.4) is 0 Å². The fourth-order valence-corrected chi connectivity index (χ4v) is 4.43. The van der Waals surface area contributed by atoms with Gasteiger partial charge in [0.15, 0.2) is 5.69 Å². The number of H-pyrrole nitrogens is 1. The molecule has 1 aromatic heterocycles. The monoisotopic (exact) mass is 460 g/mol. The number of rotatable bonds is 7. The van der Waals surface area contributed by atoms with Crippen LogP contribution < -0.4 is 20.4 Å². The Labute approximate surface area is 199 Å². The van der Waals surface area contributed by atoms with Crippen molar-refractivity contribution in [2.75, 3.05) is 50.6 Å². The fourth-order valence-electron chi connectivity index (χ4n) is 4.43. The number of nitrogens with zero attached hydrogens (tertiary/aromatic N) is 2. The lowest BCUT2D eigenvalue weighted by molar-refractivity contribution is -0.365. The molecule has 8 nitrogen and oxygen atoms in total. The number of carbonyl (C=O) groups is 1. The van der Waals surface area contributed by atoms with Gasteiger partial charge in [0.2, 0.25) is 5.91 Å². The van der Waals surface area contributed by atoms with E-state index in [2.05, 4.69) is 32.7 Å².